The fourth-order valence-corrected chi connectivity index (χ4v) is 3.48. The molecule has 1 amide bonds. The Hall–Kier alpha value is -3.87. The summed E-state index contributed by atoms with van der Waals surface area (Å²) >= 11 is 0. The van der Waals surface area contributed by atoms with Crippen LogP contribution >= 0.6 is 0 Å². The molecule has 7 nitrogen and oxygen atoms in total. The molecule has 7 heteroatoms. The van der Waals surface area contributed by atoms with Crippen molar-refractivity contribution in [1.82, 2.24) is 9.88 Å². The predicted octanol–water partition coefficient (Wildman–Crippen LogP) is 3.17. The van der Waals surface area contributed by atoms with Crippen LogP contribution in [0.4, 0.5) is 5.82 Å². The Labute approximate surface area is 187 Å². The minimum Gasteiger partial charge on any atom is -0.489 e. The first-order chi connectivity index (χ1) is 15.7. The van der Waals surface area contributed by atoms with E-state index < -0.39 is 5.97 Å². The van der Waals surface area contributed by atoms with Crippen LogP contribution in [0.15, 0.2) is 79.0 Å². The minimum atomic E-state index is -0.546. The molecule has 32 heavy (non-hydrogen) atoms. The number of pyridine rings is 1. The largest absolute Gasteiger partial charge is 0.489 e. The van der Waals surface area contributed by atoms with Gasteiger partial charge in [-0.25, -0.2) is 9.78 Å². The number of ether oxygens (including phenoxy) is 2. The van der Waals surface area contributed by atoms with Crippen molar-refractivity contribution in [3.8, 4) is 5.75 Å². The van der Waals surface area contributed by atoms with Gasteiger partial charge in [0.15, 0.2) is 6.61 Å². The molecule has 0 aliphatic carbocycles. The quantitative estimate of drug-likeness (QED) is 0.535. The molecule has 1 aliphatic heterocycles. The molecule has 2 aromatic carbocycles. The summed E-state index contributed by atoms with van der Waals surface area (Å²) in [6.45, 7) is 2.64. The van der Waals surface area contributed by atoms with Gasteiger partial charge in [-0.15, -0.1) is 0 Å². The minimum absolute atomic E-state index is 0.199. The number of carbonyl (C=O) groups is 2. The number of esters is 1. The van der Waals surface area contributed by atoms with Crippen molar-refractivity contribution in [3.63, 3.8) is 0 Å². The van der Waals surface area contributed by atoms with Gasteiger partial charge in [-0.3, -0.25) is 4.79 Å². The molecule has 0 spiro atoms. The number of rotatable bonds is 7. The molecule has 1 aromatic heterocycles. The van der Waals surface area contributed by atoms with E-state index >= 15 is 0 Å². The average Bonchev–Trinajstić information content (AvgIpc) is 2.87. The van der Waals surface area contributed by atoms with E-state index in [0.29, 0.717) is 44.1 Å². The zero-order valence-electron chi connectivity index (χ0n) is 17.7. The van der Waals surface area contributed by atoms with Gasteiger partial charge in [-0.1, -0.05) is 42.5 Å². The summed E-state index contributed by atoms with van der Waals surface area (Å²) in [5.41, 5.74) is 1.39. The number of hydrogen-bond acceptors (Lipinski definition) is 6. The molecule has 1 saturated heterocycles. The van der Waals surface area contributed by atoms with Crippen molar-refractivity contribution in [2.24, 2.45) is 0 Å². The first-order valence-electron chi connectivity index (χ1n) is 10.6. The van der Waals surface area contributed by atoms with Crippen LogP contribution in [0.25, 0.3) is 0 Å². The number of aromatic nitrogens is 1. The van der Waals surface area contributed by atoms with E-state index in [1.54, 1.807) is 35.4 Å². The molecule has 1 fully saturated rings. The number of anilines is 1. The van der Waals surface area contributed by atoms with Crippen LogP contribution in [0.2, 0.25) is 0 Å². The molecule has 164 valence electrons. The zero-order chi connectivity index (χ0) is 22.2. The van der Waals surface area contributed by atoms with Crippen molar-refractivity contribution >= 4 is 17.7 Å². The molecule has 3 aromatic rings. The number of carbonyl (C=O) groups excluding carboxylic acids is 2. The Kier molecular flexibility index (Phi) is 6.97. The lowest BCUT2D eigenvalue weighted by Gasteiger charge is -2.35. The Morgan fingerprint density at radius 3 is 2.41 bits per heavy atom. The second kappa shape index (κ2) is 10.4. The summed E-state index contributed by atoms with van der Waals surface area (Å²) < 4.78 is 11.0. The van der Waals surface area contributed by atoms with Gasteiger partial charge in [0.1, 0.15) is 18.2 Å². The summed E-state index contributed by atoms with van der Waals surface area (Å²) in [7, 11) is 0. The molecule has 0 N–H and O–H groups in total. The highest BCUT2D eigenvalue weighted by Gasteiger charge is 2.23. The fourth-order valence-electron chi connectivity index (χ4n) is 3.48. The average molecular weight is 431 g/mol. The van der Waals surface area contributed by atoms with E-state index in [-0.39, 0.29) is 12.5 Å². The van der Waals surface area contributed by atoms with E-state index in [9.17, 15) is 9.59 Å². The van der Waals surface area contributed by atoms with Crippen LogP contribution in [0.5, 0.6) is 5.75 Å². The summed E-state index contributed by atoms with van der Waals surface area (Å²) in [5.74, 6) is 0.729. The molecule has 0 saturated carbocycles. The Bertz CT molecular complexity index is 1040. The predicted molar refractivity (Wildman–Crippen MR) is 121 cm³/mol. The number of nitrogens with zero attached hydrogens (tertiary/aromatic N) is 3. The van der Waals surface area contributed by atoms with Crippen molar-refractivity contribution in [3.05, 3.63) is 90.1 Å². The summed E-state index contributed by atoms with van der Waals surface area (Å²) in [4.78, 5) is 33.1. The highest BCUT2D eigenvalue weighted by molar-refractivity contribution is 5.91. The van der Waals surface area contributed by atoms with Gasteiger partial charge in [0.25, 0.3) is 5.91 Å². The Morgan fingerprint density at radius 2 is 1.66 bits per heavy atom. The number of amides is 1. The highest BCUT2D eigenvalue weighted by Crippen LogP contribution is 2.17. The third kappa shape index (κ3) is 5.63. The second-order valence-corrected chi connectivity index (χ2v) is 7.43. The molecule has 0 radical (unpaired) electrons. The molecule has 1 aliphatic rings. The van der Waals surface area contributed by atoms with Gasteiger partial charge < -0.3 is 19.3 Å². The lowest BCUT2D eigenvalue weighted by Crippen LogP contribution is -2.50. The van der Waals surface area contributed by atoms with Gasteiger partial charge >= 0.3 is 5.97 Å². The number of piperazine rings is 1. The van der Waals surface area contributed by atoms with Crippen molar-refractivity contribution in [2.45, 2.75) is 6.61 Å². The normalized spacial score (nSPS) is 13.5. The molecule has 2 heterocycles. The Morgan fingerprint density at radius 1 is 0.875 bits per heavy atom. The lowest BCUT2D eigenvalue weighted by atomic mass is 10.2. The van der Waals surface area contributed by atoms with Crippen LogP contribution in [0, 0.1) is 0 Å². The van der Waals surface area contributed by atoms with E-state index in [4.69, 9.17) is 9.47 Å². The van der Waals surface area contributed by atoms with Crippen molar-refractivity contribution in [1.29, 1.82) is 0 Å². The standard InChI is InChI=1S/C25H25N3O4/c29-24(28-15-13-27(14-16-28)23-11-4-5-12-26-23)19-32-25(30)21-9-6-10-22(17-21)31-18-20-7-2-1-3-8-20/h1-12,17H,13-16,18-19H2. The van der Waals surface area contributed by atoms with Gasteiger partial charge in [0, 0.05) is 32.4 Å². The first-order valence-corrected chi connectivity index (χ1v) is 10.6. The van der Waals surface area contributed by atoms with E-state index in [1.165, 1.54) is 0 Å². The molecular formula is C25H25N3O4. The van der Waals surface area contributed by atoms with Crippen LogP contribution in [-0.4, -0.2) is 54.5 Å². The fraction of sp³-hybridized carbons (Fsp3) is 0.240. The summed E-state index contributed by atoms with van der Waals surface area (Å²) in [6.07, 6.45) is 1.76. The maximum Gasteiger partial charge on any atom is 0.338 e. The van der Waals surface area contributed by atoms with Crippen LogP contribution in [0.1, 0.15) is 15.9 Å². The molecular weight excluding hydrogens is 406 g/mol. The second-order valence-electron chi connectivity index (χ2n) is 7.43. The maximum atomic E-state index is 12.5. The molecule has 0 atom stereocenters. The van der Waals surface area contributed by atoms with Crippen molar-refractivity contribution < 1.29 is 19.1 Å². The van der Waals surface area contributed by atoms with Crippen LogP contribution < -0.4 is 9.64 Å². The molecule has 0 unspecified atom stereocenters. The monoisotopic (exact) mass is 431 g/mol. The Balaban J connectivity index is 1.24. The topological polar surface area (TPSA) is 72.0 Å². The SMILES string of the molecule is O=C(OCC(=O)N1CCN(c2ccccn2)CC1)c1cccc(OCc2ccccc2)c1. The van der Waals surface area contributed by atoms with Gasteiger partial charge in [0.2, 0.25) is 0 Å². The molecule has 0 bridgehead atoms. The maximum absolute atomic E-state index is 12.5. The van der Waals surface area contributed by atoms with E-state index in [2.05, 4.69) is 9.88 Å². The molecule has 4 rings (SSSR count). The van der Waals surface area contributed by atoms with E-state index in [0.717, 1.165) is 11.4 Å². The summed E-state index contributed by atoms with van der Waals surface area (Å²) in [5, 5.41) is 0. The van der Waals surface area contributed by atoms with E-state index in [1.807, 2.05) is 48.5 Å². The number of benzene rings is 2. The highest BCUT2D eigenvalue weighted by atomic mass is 16.5. The van der Waals surface area contributed by atoms with Crippen LogP contribution in [-0.2, 0) is 16.1 Å². The van der Waals surface area contributed by atoms with Gasteiger partial charge in [-0.05, 0) is 35.9 Å². The van der Waals surface area contributed by atoms with Gasteiger partial charge in [-0.2, -0.15) is 0 Å². The smallest absolute Gasteiger partial charge is 0.338 e. The third-order valence-corrected chi connectivity index (χ3v) is 5.25. The summed E-state index contributed by atoms with van der Waals surface area (Å²) in [6, 6.07) is 22.4. The third-order valence-electron chi connectivity index (χ3n) is 5.25. The van der Waals surface area contributed by atoms with Crippen molar-refractivity contribution in [2.75, 3.05) is 37.7 Å². The van der Waals surface area contributed by atoms with Crippen LogP contribution in [0.3, 0.4) is 0 Å². The number of hydrogen-bond donors (Lipinski definition) is 0. The van der Waals surface area contributed by atoms with Gasteiger partial charge in [0.05, 0.1) is 5.56 Å². The zero-order valence-corrected chi connectivity index (χ0v) is 17.7. The lowest BCUT2D eigenvalue weighted by molar-refractivity contribution is -0.134. The first kappa shape index (κ1) is 21.4.